The summed E-state index contributed by atoms with van der Waals surface area (Å²) in [6.07, 6.45) is 12.1. The molecule has 0 saturated carbocycles. The first-order valence-electron chi connectivity index (χ1n) is 7.24. The molecule has 2 heterocycles. The zero-order chi connectivity index (χ0) is 13.5. The number of aliphatic hydroxyl groups excluding tert-OH is 1. The van der Waals surface area contributed by atoms with Crippen LogP contribution in [0.1, 0.15) is 45.4 Å². The number of rotatable bonds is 8. The molecular weight excluding hydrogens is 238 g/mol. The topological polar surface area (TPSA) is 50.9 Å². The number of nitrogens with zero attached hydrogens (tertiary/aromatic N) is 3. The van der Waals surface area contributed by atoms with Crippen LogP contribution in [0.2, 0.25) is 0 Å². The van der Waals surface area contributed by atoms with E-state index in [9.17, 15) is 5.11 Å². The van der Waals surface area contributed by atoms with Gasteiger partial charge in [0.2, 0.25) is 0 Å². The van der Waals surface area contributed by atoms with Gasteiger partial charge in [0.25, 0.3) is 0 Å². The molecule has 1 atom stereocenters. The smallest absolute Gasteiger partial charge is 0.107 e. The Balaban J connectivity index is 1.80. The van der Waals surface area contributed by atoms with E-state index in [2.05, 4.69) is 16.9 Å². The van der Waals surface area contributed by atoms with Gasteiger partial charge in [-0.25, -0.2) is 4.98 Å². The maximum Gasteiger partial charge on any atom is 0.107 e. The van der Waals surface area contributed by atoms with Crippen molar-refractivity contribution in [2.24, 2.45) is 0 Å². The molecule has 2 rings (SSSR count). The maximum atomic E-state index is 10.1. The summed E-state index contributed by atoms with van der Waals surface area (Å²) in [7, 11) is 0. The number of pyridine rings is 1. The molecule has 19 heavy (non-hydrogen) atoms. The Kier molecular flexibility index (Phi) is 5.33. The molecule has 1 N–H and O–H groups in total. The molecule has 0 aliphatic carbocycles. The molecule has 0 saturated heterocycles. The van der Waals surface area contributed by atoms with Gasteiger partial charge < -0.3 is 9.67 Å². The standard InChI is InChI=1S/C15H23N3O/c1-2-3-4-5-6-7-13(19)11-18-12-17-14-10-16-9-8-15(14)18/h8-10,12-13,19H,2-7,11H2,1H3. The highest BCUT2D eigenvalue weighted by Crippen LogP contribution is 2.13. The highest BCUT2D eigenvalue weighted by molar-refractivity contribution is 5.73. The van der Waals surface area contributed by atoms with Crippen LogP contribution in [0.5, 0.6) is 0 Å². The number of hydrogen-bond acceptors (Lipinski definition) is 3. The number of fused-ring (bicyclic) bond motifs is 1. The van der Waals surface area contributed by atoms with Crippen molar-refractivity contribution in [2.45, 2.75) is 58.1 Å². The van der Waals surface area contributed by atoms with Gasteiger partial charge in [-0.05, 0) is 12.5 Å². The molecule has 0 spiro atoms. The lowest BCUT2D eigenvalue weighted by atomic mass is 10.1. The summed E-state index contributed by atoms with van der Waals surface area (Å²) >= 11 is 0. The van der Waals surface area contributed by atoms with E-state index >= 15 is 0 Å². The second-order valence-electron chi connectivity index (χ2n) is 5.12. The summed E-state index contributed by atoms with van der Waals surface area (Å²) < 4.78 is 2.01. The summed E-state index contributed by atoms with van der Waals surface area (Å²) in [6.45, 7) is 2.84. The lowest BCUT2D eigenvalue weighted by Gasteiger charge is -2.11. The largest absolute Gasteiger partial charge is 0.391 e. The molecule has 1 unspecified atom stereocenters. The molecule has 4 nitrogen and oxygen atoms in total. The molecule has 2 aromatic heterocycles. The molecule has 104 valence electrons. The Labute approximate surface area is 114 Å². The first-order valence-corrected chi connectivity index (χ1v) is 7.24. The van der Waals surface area contributed by atoms with Crippen molar-refractivity contribution in [3.63, 3.8) is 0 Å². The van der Waals surface area contributed by atoms with Crippen LogP contribution in [0.15, 0.2) is 24.8 Å². The molecule has 0 bridgehead atoms. The Morgan fingerprint density at radius 1 is 1.26 bits per heavy atom. The molecule has 0 amide bonds. The average Bonchev–Trinajstić information content (AvgIpc) is 2.82. The lowest BCUT2D eigenvalue weighted by molar-refractivity contribution is 0.142. The van der Waals surface area contributed by atoms with Crippen molar-refractivity contribution in [3.05, 3.63) is 24.8 Å². The fourth-order valence-electron chi connectivity index (χ4n) is 2.36. The first-order chi connectivity index (χ1) is 9.31. The van der Waals surface area contributed by atoms with Gasteiger partial charge in [-0.3, -0.25) is 4.98 Å². The highest BCUT2D eigenvalue weighted by Gasteiger charge is 2.08. The molecule has 0 radical (unpaired) electrons. The van der Waals surface area contributed by atoms with E-state index in [-0.39, 0.29) is 6.10 Å². The molecule has 2 aromatic rings. The lowest BCUT2D eigenvalue weighted by Crippen LogP contribution is -2.15. The molecule has 0 fully saturated rings. The van der Waals surface area contributed by atoms with Crippen LogP contribution in [-0.2, 0) is 6.54 Å². The van der Waals surface area contributed by atoms with E-state index in [0.717, 1.165) is 23.9 Å². The van der Waals surface area contributed by atoms with E-state index in [4.69, 9.17) is 0 Å². The minimum Gasteiger partial charge on any atom is -0.391 e. The van der Waals surface area contributed by atoms with Crippen molar-refractivity contribution in [2.75, 3.05) is 0 Å². The van der Waals surface area contributed by atoms with Crippen molar-refractivity contribution in [1.29, 1.82) is 0 Å². The summed E-state index contributed by atoms with van der Waals surface area (Å²) in [5.41, 5.74) is 1.93. The molecule has 0 aromatic carbocycles. The van der Waals surface area contributed by atoms with Crippen LogP contribution in [0.4, 0.5) is 0 Å². The quantitative estimate of drug-likeness (QED) is 0.743. The monoisotopic (exact) mass is 261 g/mol. The normalized spacial score (nSPS) is 12.9. The van der Waals surface area contributed by atoms with Crippen molar-refractivity contribution >= 4 is 11.0 Å². The molecule has 4 heteroatoms. The fraction of sp³-hybridized carbons (Fsp3) is 0.600. The molecular formula is C15H23N3O. The third-order valence-corrected chi connectivity index (χ3v) is 3.47. The third-order valence-electron chi connectivity index (χ3n) is 3.47. The highest BCUT2D eigenvalue weighted by atomic mass is 16.3. The van der Waals surface area contributed by atoms with Gasteiger partial charge in [0.1, 0.15) is 5.52 Å². The first kappa shape index (κ1) is 14.0. The Bertz CT molecular complexity index is 495. The summed E-state index contributed by atoms with van der Waals surface area (Å²) in [6, 6.07) is 1.94. The third kappa shape index (κ3) is 4.03. The van der Waals surface area contributed by atoms with Gasteiger partial charge >= 0.3 is 0 Å². The van der Waals surface area contributed by atoms with Gasteiger partial charge in [0.05, 0.1) is 30.7 Å². The number of aliphatic hydroxyl groups is 1. The second-order valence-corrected chi connectivity index (χ2v) is 5.12. The second kappa shape index (κ2) is 7.24. The van der Waals surface area contributed by atoms with Crippen molar-refractivity contribution in [3.8, 4) is 0 Å². The van der Waals surface area contributed by atoms with E-state index in [0.29, 0.717) is 6.54 Å². The van der Waals surface area contributed by atoms with Crippen LogP contribution < -0.4 is 0 Å². The Hall–Kier alpha value is -1.42. The Morgan fingerprint density at radius 3 is 2.95 bits per heavy atom. The van der Waals surface area contributed by atoms with E-state index in [1.165, 1.54) is 25.7 Å². The summed E-state index contributed by atoms with van der Waals surface area (Å²) in [5, 5.41) is 10.1. The van der Waals surface area contributed by atoms with Crippen LogP contribution >= 0.6 is 0 Å². The minimum absolute atomic E-state index is 0.285. The summed E-state index contributed by atoms with van der Waals surface area (Å²) in [4.78, 5) is 8.33. The number of hydrogen-bond donors (Lipinski definition) is 1. The number of imidazole rings is 1. The van der Waals surface area contributed by atoms with Crippen LogP contribution in [0.3, 0.4) is 0 Å². The van der Waals surface area contributed by atoms with Crippen molar-refractivity contribution < 1.29 is 5.11 Å². The van der Waals surface area contributed by atoms with Crippen molar-refractivity contribution in [1.82, 2.24) is 14.5 Å². The van der Waals surface area contributed by atoms with Crippen LogP contribution in [-0.4, -0.2) is 25.7 Å². The number of aromatic nitrogens is 3. The van der Waals surface area contributed by atoms with E-state index in [1.54, 1.807) is 18.7 Å². The van der Waals surface area contributed by atoms with Gasteiger partial charge in [0.15, 0.2) is 0 Å². The van der Waals surface area contributed by atoms with Gasteiger partial charge in [-0.1, -0.05) is 39.0 Å². The summed E-state index contributed by atoms with van der Waals surface area (Å²) in [5.74, 6) is 0. The zero-order valence-electron chi connectivity index (χ0n) is 11.6. The van der Waals surface area contributed by atoms with Gasteiger partial charge in [0, 0.05) is 6.20 Å². The van der Waals surface area contributed by atoms with E-state index < -0.39 is 0 Å². The fourth-order valence-corrected chi connectivity index (χ4v) is 2.36. The van der Waals surface area contributed by atoms with Gasteiger partial charge in [-0.15, -0.1) is 0 Å². The maximum absolute atomic E-state index is 10.1. The SMILES string of the molecule is CCCCCCCC(O)Cn1cnc2cnccc21. The number of unbranched alkanes of at least 4 members (excludes halogenated alkanes) is 4. The van der Waals surface area contributed by atoms with Gasteiger partial charge in [-0.2, -0.15) is 0 Å². The molecule has 0 aliphatic rings. The Morgan fingerprint density at radius 2 is 2.11 bits per heavy atom. The predicted octanol–water partition coefficient (Wildman–Crippen LogP) is 3.15. The minimum atomic E-state index is -0.285. The predicted molar refractivity (Wildman–Crippen MR) is 76.9 cm³/mol. The van der Waals surface area contributed by atoms with Crippen LogP contribution in [0.25, 0.3) is 11.0 Å². The van der Waals surface area contributed by atoms with Crippen LogP contribution in [0, 0.1) is 0 Å². The molecule has 0 aliphatic heterocycles. The zero-order valence-corrected chi connectivity index (χ0v) is 11.6. The van der Waals surface area contributed by atoms with E-state index in [1.807, 2.05) is 10.6 Å². The average molecular weight is 261 g/mol.